The first kappa shape index (κ1) is 20.6. The number of benzene rings is 2. The van der Waals surface area contributed by atoms with E-state index in [-0.39, 0.29) is 5.82 Å². The van der Waals surface area contributed by atoms with Crippen LogP contribution in [0.5, 0.6) is 5.75 Å². The monoisotopic (exact) mass is 441 g/mol. The Hall–Kier alpha value is -4.33. The average Bonchev–Trinajstić information content (AvgIpc) is 3.27. The van der Waals surface area contributed by atoms with Crippen molar-refractivity contribution in [2.45, 2.75) is 13.5 Å². The lowest BCUT2D eigenvalue weighted by Gasteiger charge is -2.14. The summed E-state index contributed by atoms with van der Waals surface area (Å²) in [5, 5.41) is 4.07. The SMILES string of the molecule is COc1cc(-c2cccc(F)c2)cc2c(NCc3cnc(C)o3)nc(-c3cccnc3)nc12. The van der Waals surface area contributed by atoms with Gasteiger partial charge in [0.2, 0.25) is 0 Å². The highest BCUT2D eigenvalue weighted by molar-refractivity contribution is 5.97. The quantitative estimate of drug-likeness (QED) is 0.377. The second kappa shape index (κ2) is 8.66. The normalized spacial score (nSPS) is 11.0. The zero-order valence-electron chi connectivity index (χ0n) is 18.0. The number of fused-ring (bicyclic) bond motifs is 1. The van der Waals surface area contributed by atoms with E-state index in [1.165, 1.54) is 12.1 Å². The Morgan fingerprint density at radius 3 is 2.61 bits per heavy atom. The number of aryl methyl sites for hydroxylation is 1. The number of methoxy groups -OCH3 is 1. The zero-order chi connectivity index (χ0) is 22.8. The molecule has 0 bridgehead atoms. The number of oxazole rings is 1. The van der Waals surface area contributed by atoms with E-state index in [1.807, 2.05) is 30.3 Å². The van der Waals surface area contributed by atoms with Gasteiger partial charge in [-0.1, -0.05) is 12.1 Å². The van der Waals surface area contributed by atoms with Crippen LogP contribution >= 0.6 is 0 Å². The van der Waals surface area contributed by atoms with E-state index in [4.69, 9.17) is 19.1 Å². The molecule has 0 fully saturated rings. The minimum Gasteiger partial charge on any atom is -0.494 e. The molecule has 0 atom stereocenters. The third kappa shape index (κ3) is 4.23. The Morgan fingerprint density at radius 1 is 1.00 bits per heavy atom. The molecular formula is C25H20FN5O2. The molecule has 7 nitrogen and oxygen atoms in total. The predicted molar refractivity (Wildman–Crippen MR) is 123 cm³/mol. The van der Waals surface area contributed by atoms with Crippen molar-refractivity contribution >= 4 is 16.7 Å². The summed E-state index contributed by atoms with van der Waals surface area (Å²) in [6.45, 7) is 2.17. The maximum absolute atomic E-state index is 13.9. The van der Waals surface area contributed by atoms with Gasteiger partial charge in [-0.25, -0.2) is 19.3 Å². The molecule has 3 aromatic heterocycles. The van der Waals surface area contributed by atoms with Gasteiger partial charge in [-0.3, -0.25) is 4.98 Å². The average molecular weight is 441 g/mol. The Kier molecular flexibility index (Phi) is 5.40. The summed E-state index contributed by atoms with van der Waals surface area (Å²) in [5.41, 5.74) is 2.91. The van der Waals surface area contributed by atoms with Crippen LogP contribution in [0.4, 0.5) is 10.2 Å². The Labute approximate surface area is 189 Å². The lowest BCUT2D eigenvalue weighted by atomic mass is 10.0. The molecule has 33 heavy (non-hydrogen) atoms. The van der Waals surface area contributed by atoms with Crippen LogP contribution in [0.2, 0.25) is 0 Å². The molecular weight excluding hydrogens is 421 g/mol. The van der Waals surface area contributed by atoms with Crippen LogP contribution in [0.25, 0.3) is 33.4 Å². The van der Waals surface area contributed by atoms with Crippen molar-refractivity contribution in [1.82, 2.24) is 19.9 Å². The number of nitrogens with one attached hydrogen (secondary N) is 1. The number of aromatic nitrogens is 4. The molecule has 8 heteroatoms. The summed E-state index contributed by atoms with van der Waals surface area (Å²) in [7, 11) is 1.58. The standard InChI is InChI=1S/C25H20FN5O2/c1-15-28-13-20(33-15)14-29-25-21-10-18(16-5-3-7-19(26)9-16)11-22(32-2)23(21)30-24(31-25)17-6-4-8-27-12-17/h3-13H,14H2,1-2H3,(H,29,30,31). The Balaban J connectivity index is 1.69. The van der Waals surface area contributed by atoms with Crippen molar-refractivity contribution in [3.05, 3.63) is 84.6 Å². The number of ether oxygens (including phenoxy) is 1. The topological polar surface area (TPSA) is 86.0 Å². The van der Waals surface area contributed by atoms with Crippen LogP contribution in [0.15, 0.2) is 71.5 Å². The predicted octanol–water partition coefficient (Wildman–Crippen LogP) is 5.42. The summed E-state index contributed by atoms with van der Waals surface area (Å²) in [6.07, 6.45) is 5.08. The van der Waals surface area contributed by atoms with Gasteiger partial charge in [0, 0.05) is 30.3 Å². The van der Waals surface area contributed by atoms with Crippen LogP contribution in [-0.4, -0.2) is 27.0 Å². The highest BCUT2D eigenvalue weighted by Crippen LogP contribution is 2.36. The number of pyridine rings is 1. The number of rotatable bonds is 6. The third-order valence-corrected chi connectivity index (χ3v) is 5.16. The van der Waals surface area contributed by atoms with E-state index in [0.29, 0.717) is 41.1 Å². The molecule has 5 aromatic rings. The summed E-state index contributed by atoms with van der Waals surface area (Å²) in [4.78, 5) is 17.9. The van der Waals surface area contributed by atoms with E-state index < -0.39 is 0 Å². The highest BCUT2D eigenvalue weighted by atomic mass is 19.1. The van der Waals surface area contributed by atoms with E-state index in [0.717, 1.165) is 22.1 Å². The summed E-state index contributed by atoms with van der Waals surface area (Å²) < 4.78 is 25.2. The molecule has 5 rings (SSSR count). The van der Waals surface area contributed by atoms with Crippen molar-refractivity contribution in [2.75, 3.05) is 12.4 Å². The number of halogens is 1. The van der Waals surface area contributed by atoms with E-state index in [9.17, 15) is 4.39 Å². The molecule has 0 aliphatic heterocycles. The van der Waals surface area contributed by atoms with Crippen molar-refractivity contribution in [3.8, 4) is 28.3 Å². The Bertz CT molecular complexity index is 1440. The first-order chi connectivity index (χ1) is 16.1. The molecule has 0 spiro atoms. The third-order valence-electron chi connectivity index (χ3n) is 5.16. The number of nitrogens with zero attached hydrogens (tertiary/aromatic N) is 4. The second-order valence-corrected chi connectivity index (χ2v) is 7.42. The maximum atomic E-state index is 13.9. The smallest absolute Gasteiger partial charge is 0.191 e. The van der Waals surface area contributed by atoms with Gasteiger partial charge in [0.25, 0.3) is 0 Å². The molecule has 0 aliphatic carbocycles. The highest BCUT2D eigenvalue weighted by Gasteiger charge is 2.16. The van der Waals surface area contributed by atoms with Crippen LogP contribution in [-0.2, 0) is 6.54 Å². The van der Waals surface area contributed by atoms with Gasteiger partial charge in [0.05, 0.1) is 19.9 Å². The van der Waals surface area contributed by atoms with Gasteiger partial charge in [-0.2, -0.15) is 0 Å². The fourth-order valence-corrected chi connectivity index (χ4v) is 3.61. The summed E-state index contributed by atoms with van der Waals surface area (Å²) in [6, 6.07) is 13.9. The van der Waals surface area contributed by atoms with E-state index >= 15 is 0 Å². The summed E-state index contributed by atoms with van der Waals surface area (Å²) in [5.74, 6) is 2.60. The minimum absolute atomic E-state index is 0.311. The number of hydrogen-bond donors (Lipinski definition) is 1. The number of hydrogen-bond acceptors (Lipinski definition) is 7. The molecule has 3 heterocycles. The molecule has 2 aromatic carbocycles. The van der Waals surface area contributed by atoms with Crippen LogP contribution in [0.3, 0.4) is 0 Å². The fourth-order valence-electron chi connectivity index (χ4n) is 3.61. The van der Waals surface area contributed by atoms with Gasteiger partial charge in [0.1, 0.15) is 28.7 Å². The van der Waals surface area contributed by atoms with Gasteiger partial charge >= 0.3 is 0 Å². The van der Waals surface area contributed by atoms with Crippen LogP contribution in [0.1, 0.15) is 11.7 Å². The van der Waals surface area contributed by atoms with Crippen molar-refractivity contribution in [1.29, 1.82) is 0 Å². The largest absolute Gasteiger partial charge is 0.494 e. The van der Waals surface area contributed by atoms with Gasteiger partial charge in [0.15, 0.2) is 11.7 Å². The first-order valence-corrected chi connectivity index (χ1v) is 10.3. The number of anilines is 1. The fraction of sp³-hybridized carbons (Fsp3) is 0.120. The first-order valence-electron chi connectivity index (χ1n) is 10.3. The van der Waals surface area contributed by atoms with Gasteiger partial charge < -0.3 is 14.5 Å². The molecule has 0 amide bonds. The van der Waals surface area contributed by atoms with Crippen molar-refractivity contribution < 1.29 is 13.5 Å². The maximum Gasteiger partial charge on any atom is 0.191 e. The summed E-state index contributed by atoms with van der Waals surface area (Å²) >= 11 is 0. The molecule has 164 valence electrons. The molecule has 0 saturated carbocycles. The van der Waals surface area contributed by atoms with Crippen molar-refractivity contribution in [3.63, 3.8) is 0 Å². The van der Waals surface area contributed by atoms with Gasteiger partial charge in [-0.15, -0.1) is 0 Å². The molecule has 0 saturated heterocycles. The van der Waals surface area contributed by atoms with E-state index in [1.54, 1.807) is 38.7 Å². The molecule has 0 aliphatic rings. The molecule has 0 unspecified atom stereocenters. The second-order valence-electron chi connectivity index (χ2n) is 7.42. The van der Waals surface area contributed by atoms with Crippen LogP contribution in [0, 0.1) is 12.7 Å². The molecule has 1 N–H and O–H groups in total. The van der Waals surface area contributed by atoms with Crippen LogP contribution < -0.4 is 10.1 Å². The van der Waals surface area contributed by atoms with Gasteiger partial charge in [-0.05, 0) is 47.5 Å². The zero-order valence-corrected chi connectivity index (χ0v) is 18.0. The minimum atomic E-state index is -0.311. The lowest BCUT2D eigenvalue weighted by molar-refractivity contribution is 0.419. The van der Waals surface area contributed by atoms with E-state index in [2.05, 4.69) is 15.3 Å². The lowest BCUT2D eigenvalue weighted by Crippen LogP contribution is -2.05. The molecule has 0 radical (unpaired) electrons. The Morgan fingerprint density at radius 2 is 1.88 bits per heavy atom. The van der Waals surface area contributed by atoms with Crippen molar-refractivity contribution in [2.24, 2.45) is 0 Å².